The largest absolute Gasteiger partial charge is 0.396 e. The third-order valence-corrected chi connectivity index (χ3v) is 4.18. The Morgan fingerprint density at radius 3 is 2.94 bits per heavy atom. The second kappa shape index (κ2) is 8.91. The van der Waals surface area contributed by atoms with E-state index in [4.69, 9.17) is 5.11 Å². The molecular weight excluding hydrogens is 305 g/mol. The van der Waals surface area contributed by atoms with Crippen molar-refractivity contribution in [2.45, 2.75) is 13.0 Å². The Kier molecular flexibility index (Phi) is 7.84. The number of benzene rings is 1. The van der Waals surface area contributed by atoms with Crippen molar-refractivity contribution in [1.29, 1.82) is 0 Å². The highest BCUT2D eigenvalue weighted by Gasteiger charge is 2.03. The average molecular weight is 322 g/mol. The van der Waals surface area contributed by atoms with Crippen LogP contribution in [0.5, 0.6) is 0 Å². The molecule has 0 saturated carbocycles. The van der Waals surface area contributed by atoms with E-state index in [9.17, 15) is 4.39 Å². The lowest BCUT2D eigenvalue weighted by Crippen LogP contribution is -2.17. The molecule has 0 aromatic heterocycles. The Morgan fingerprint density at radius 1 is 1.35 bits per heavy atom. The fourth-order valence-electron chi connectivity index (χ4n) is 1.32. The smallest absolute Gasteiger partial charge is 0.137 e. The topological polar surface area (TPSA) is 32.3 Å². The van der Waals surface area contributed by atoms with Gasteiger partial charge < -0.3 is 10.4 Å². The van der Waals surface area contributed by atoms with Crippen LogP contribution >= 0.6 is 27.7 Å². The molecule has 1 aromatic rings. The molecule has 0 atom stereocenters. The van der Waals surface area contributed by atoms with E-state index in [1.807, 2.05) is 17.8 Å². The normalized spacial score (nSPS) is 10.8. The van der Waals surface area contributed by atoms with Gasteiger partial charge >= 0.3 is 0 Å². The fourth-order valence-corrected chi connectivity index (χ4v) is 2.55. The van der Waals surface area contributed by atoms with Crippen LogP contribution in [0.3, 0.4) is 0 Å². The number of thioether (sulfide) groups is 1. The zero-order valence-electron chi connectivity index (χ0n) is 9.59. The van der Waals surface area contributed by atoms with E-state index in [-0.39, 0.29) is 12.4 Å². The summed E-state index contributed by atoms with van der Waals surface area (Å²) < 4.78 is 13.7. The Labute approximate surface area is 114 Å². The Bertz CT molecular complexity index is 338. The molecule has 0 fully saturated rings. The number of rotatable bonds is 8. The summed E-state index contributed by atoms with van der Waals surface area (Å²) in [6.07, 6.45) is 0.847. The van der Waals surface area contributed by atoms with Gasteiger partial charge in [0, 0.05) is 25.4 Å². The lowest BCUT2D eigenvalue weighted by molar-refractivity contribution is 0.296. The highest BCUT2D eigenvalue weighted by molar-refractivity contribution is 9.10. The highest BCUT2D eigenvalue weighted by Crippen LogP contribution is 2.19. The molecule has 2 nitrogen and oxygen atoms in total. The fraction of sp³-hybridized carbons (Fsp3) is 0.500. The number of hydrogen-bond acceptors (Lipinski definition) is 3. The van der Waals surface area contributed by atoms with Crippen LogP contribution in [0.25, 0.3) is 0 Å². The maximum atomic E-state index is 13.2. The van der Waals surface area contributed by atoms with Gasteiger partial charge in [0.15, 0.2) is 0 Å². The minimum absolute atomic E-state index is 0.221. The van der Waals surface area contributed by atoms with Gasteiger partial charge in [-0.3, -0.25) is 0 Å². The molecule has 0 aliphatic carbocycles. The first kappa shape index (κ1) is 15.0. The number of nitrogens with one attached hydrogen (secondary N) is 1. The quantitative estimate of drug-likeness (QED) is 0.722. The van der Waals surface area contributed by atoms with Gasteiger partial charge in [-0.05, 0) is 39.7 Å². The lowest BCUT2D eigenvalue weighted by atomic mass is 10.2. The van der Waals surface area contributed by atoms with Crippen molar-refractivity contribution < 1.29 is 9.50 Å². The van der Waals surface area contributed by atoms with Crippen molar-refractivity contribution in [2.75, 3.05) is 24.7 Å². The van der Waals surface area contributed by atoms with Crippen molar-refractivity contribution in [2.24, 2.45) is 0 Å². The van der Waals surface area contributed by atoms with E-state index in [0.29, 0.717) is 11.0 Å². The molecule has 0 aliphatic heterocycles. The van der Waals surface area contributed by atoms with Gasteiger partial charge in [0.25, 0.3) is 0 Å². The maximum Gasteiger partial charge on any atom is 0.137 e. The second-order valence-electron chi connectivity index (χ2n) is 3.58. The summed E-state index contributed by atoms with van der Waals surface area (Å²) in [6.45, 7) is 1.81. The average Bonchev–Trinajstić information content (AvgIpc) is 2.33. The van der Waals surface area contributed by atoms with E-state index in [1.165, 1.54) is 6.07 Å². The second-order valence-corrected chi connectivity index (χ2v) is 5.60. The van der Waals surface area contributed by atoms with Crippen LogP contribution in [0, 0.1) is 5.82 Å². The van der Waals surface area contributed by atoms with Gasteiger partial charge in [-0.15, -0.1) is 0 Å². The molecule has 5 heteroatoms. The van der Waals surface area contributed by atoms with Crippen LogP contribution in [0.1, 0.15) is 12.0 Å². The first-order chi connectivity index (χ1) is 8.25. The van der Waals surface area contributed by atoms with Crippen molar-refractivity contribution in [3.8, 4) is 0 Å². The molecule has 1 aromatic carbocycles. The number of aliphatic hydroxyl groups is 1. The summed E-state index contributed by atoms with van der Waals surface area (Å²) in [5.74, 6) is 1.77. The number of aliphatic hydroxyl groups excluding tert-OH is 1. The van der Waals surface area contributed by atoms with Crippen LogP contribution in [-0.2, 0) is 6.54 Å². The summed E-state index contributed by atoms with van der Waals surface area (Å²) >= 11 is 5.05. The molecule has 0 spiro atoms. The Hall–Kier alpha value is -0.100. The molecule has 0 unspecified atom stereocenters. The van der Waals surface area contributed by atoms with Crippen molar-refractivity contribution in [3.05, 3.63) is 34.1 Å². The first-order valence-electron chi connectivity index (χ1n) is 5.58. The molecular formula is C12H17BrFNOS. The van der Waals surface area contributed by atoms with Crippen LogP contribution < -0.4 is 5.32 Å². The van der Waals surface area contributed by atoms with Gasteiger partial charge in [0.1, 0.15) is 5.82 Å². The van der Waals surface area contributed by atoms with Crippen LogP contribution in [-0.4, -0.2) is 29.8 Å². The maximum absolute atomic E-state index is 13.2. The number of hydrogen-bond donors (Lipinski definition) is 2. The molecule has 0 saturated heterocycles. The minimum atomic E-state index is -0.221. The minimum Gasteiger partial charge on any atom is -0.396 e. The predicted octanol–water partition coefficient (Wildman–Crippen LogP) is 2.79. The zero-order valence-corrected chi connectivity index (χ0v) is 12.0. The van der Waals surface area contributed by atoms with Crippen molar-refractivity contribution in [1.82, 2.24) is 5.32 Å². The molecule has 0 amide bonds. The van der Waals surface area contributed by atoms with E-state index < -0.39 is 0 Å². The monoisotopic (exact) mass is 321 g/mol. The third-order valence-electron chi connectivity index (χ3n) is 2.22. The molecule has 0 bridgehead atoms. The lowest BCUT2D eigenvalue weighted by Gasteiger charge is -2.07. The molecule has 17 heavy (non-hydrogen) atoms. The van der Waals surface area contributed by atoms with Crippen LogP contribution in [0.2, 0.25) is 0 Å². The Balaban J connectivity index is 2.16. The van der Waals surface area contributed by atoms with Crippen molar-refractivity contribution in [3.63, 3.8) is 0 Å². The van der Waals surface area contributed by atoms with Gasteiger partial charge in [-0.1, -0.05) is 12.1 Å². The summed E-state index contributed by atoms with van der Waals surface area (Å²) in [7, 11) is 0. The van der Waals surface area contributed by atoms with Gasteiger partial charge in [-0.25, -0.2) is 4.39 Å². The predicted molar refractivity (Wildman–Crippen MR) is 74.8 cm³/mol. The van der Waals surface area contributed by atoms with E-state index in [2.05, 4.69) is 21.2 Å². The first-order valence-corrected chi connectivity index (χ1v) is 7.52. The van der Waals surface area contributed by atoms with Gasteiger partial charge in [-0.2, -0.15) is 11.8 Å². The standard InChI is InChI=1S/C12H17BrFNOS/c13-12-10(3-1-4-11(12)14)9-15-5-8-17-7-2-6-16/h1,3-4,15-16H,2,5-9H2. The van der Waals surface area contributed by atoms with Crippen LogP contribution in [0.4, 0.5) is 4.39 Å². The molecule has 0 aliphatic rings. The summed E-state index contributed by atoms with van der Waals surface area (Å²) in [4.78, 5) is 0. The number of halogens is 2. The molecule has 0 radical (unpaired) electrons. The molecule has 96 valence electrons. The van der Waals surface area contributed by atoms with Gasteiger partial charge in [0.2, 0.25) is 0 Å². The van der Waals surface area contributed by atoms with E-state index >= 15 is 0 Å². The summed E-state index contributed by atoms with van der Waals surface area (Å²) in [5, 5.41) is 11.9. The molecule has 2 N–H and O–H groups in total. The van der Waals surface area contributed by atoms with Crippen LogP contribution in [0.15, 0.2) is 22.7 Å². The summed E-state index contributed by atoms with van der Waals surface area (Å²) in [6, 6.07) is 5.06. The summed E-state index contributed by atoms with van der Waals surface area (Å²) in [5.41, 5.74) is 0.936. The highest BCUT2D eigenvalue weighted by atomic mass is 79.9. The van der Waals surface area contributed by atoms with E-state index in [1.54, 1.807) is 6.07 Å². The van der Waals surface area contributed by atoms with Gasteiger partial charge in [0.05, 0.1) is 4.47 Å². The van der Waals surface area contributed by atoms with E-state index in [0.717, 1.165) is 30.0 Å². The van der Waals surface area contributed by atoms with Crippen molar-refractivity contribution >= 4 is 27.7 Å². The third kappa shape index (κ3) is 5.86. The zero-order chi connectivity index (χ0) is 12.5. The molecule has 1 rings (SSSR count). The SMILES string of the molecule is OCCCSCCNCc1cccc(F)c1Br. The molecule has 0 heterocycles. The Morgan fingerprint density at radius 2 is 2.18 bits per heavy atom.